The highest BCUT2D eigenvalue weighted by molar-refractivity contribution is 6.50. The predicted octanol–water partition coefficient (Wildman–Crippen LogP) is 5.46. The molecule has 3 aromatic carbocycles. The summed E-state index contributed by atoms with van der Waals surface area (Å²) in [6.07, 6.45) is 4.37. The summed E-state index contributed by atoms with van der Waals surface area (Å²) in [4.78, 5) is 32.2. The number of hydrogen-bond donors (Lipinski definition) is 3. The molecule has 0 fully saturated rings. The smallest absolute Gasteiger partial charge is 0.259 e. The van der Waals surface area contributed by atoms with Crippen LogP contribution in [0.2, 0.25) is 5.02 Å². The summed E-state index contributed by atoms with van der Waals surface area (Å²) in [7, 11) is 0. The number of carbonyl (C=O) groups is 2. The molecular weight excluding hydrogens is 434 g/mol. The second kappa shape index (κ2) is 7.50. The number of amides is 2. The van der Waals surface area contributed by atoms with Gasteiger partial charge in [-0.25, -0.2) is 0 Å². The number of benzene rings is 3. The third-order valence-corrected chi connectivity index (χ3v) is 6.35. The van der Waals surface area contributed by atoms with E-state index in [0.717, 1.165) is 33.8 Å². The number of hydrogen-bond acceptors (Lipinski definition) is 2. The standard InChI is InChI=1S/C27H18ClN3O2/c28-17-7-9-19-21(14-30-23(19)12-17)25-24(26(32)31-27(25)33)20-13-29-22-11-16(6-8-18(20)22)10-15-4-2-1-3-5-15/h1-9,11-14,29-30H,10H2,(H,31,32,33). The van der Waals surface area contributed by atoms with Gasteiger partial charge in [-0.3, -0.25) is 14.9 Å². The highest BCUT2D eigenvalue weighted by Gasteiger charge is 2.34. The first kappa shape index (κ1) is 19.6. The summed E-state index contributed by atoms with van der Waals surface area (Å²) in [5, 5.41) is 4.80. The van der Waals surface area contributed by atoms with Gasteiger partial charge < -0.3 is 9.97 Å². The summed E-state index contributed by atoms with van der Waals surface area (Å²) in [5.74, 6) is -0.798. The molecule has 6 rings (SSSR count). The Bertz CT molecular complexity index is 1610. The Kier molecular flexibility index (Phi) is 4.45. The molecule has 0 bridgehead atoms. The molecule has 0 saturated heterocycles. The Morgan fingerprint density at radius 3 is 1.94 bits per heavy atom. The summed E-state index contributed by atoms with van der Waals surface area (Å²) < 4.78 is 0. The first-order chi connectivity index (χ1) is 16.1. The molecule has 3 N–H and O–H groups in total. The van der Waals surface area contributed by atoms with E-state index in [9.17, 15) is 9.59 Å². The molecule has 3 heterocycles. The molecule has 160 valence electrons. The zero-order chi connectivity index (χ0) is 22.5. The van der Waals surface area contributed by atoms with Crippen molar-refractivity contribution in [2.75, 3.05) is 0 Å². The van der Waals surface area contributed by atoms with Gasteiger partial charge in [0.25, 0.3) is 11.8 Å². The lowest BCUT2D eigenvalue weighted by atomic mass is 9.95. The van der Waals surface area contributed by atoms with E-state index in [4.69, 9.17) is 11.6 Å². The van der Waals surface area contributed by atoms with Crippen molar-refractivity contribution < 1.29 is 9.59 Å². The number of rotatable bonds is 4. The second-order valence-corrected chi connectivity index (χ2v) is 8.61. The number of H-pyrrole nitrogens is 2. The van der Waals surface area contributed by atoms with Crippen LogP contribution in [0, 0.1) is 0 Å². The molecule has 0 saturated carbocycles. The van der Waals surface area contributed by atoms with Crippen LogP contribution in [-0.4, -0.2) is 21.8 Å². The molecule has 1 aliphatic heterocycles. The number of carbonyl (C=O) groups excluding carboxylic acids is 2. The van der Waals surface area contributed by atoms with Crippen LogP contribution in [0.4, 0.5) is 0 Å². The van der Waals surface area contributed by atoms with Crippen LogP contribution >= 0.6 is 11.6 Å². The Hall–Kier alpha value is -4.09. The first-order valence-corrected chi connectivity index (χ1v) is 11.0. The third-order valence-electron chi connectivity index (χ3n) is 6.11. The lowest BCUT2D eigenvalue weighted by Crippen LogP contribution is -2.22. The lowest BCUT2D eigenvalue weighted by Gasteiger charge is -2.05. The number of nitrogens with one attached hydrogen (secondary N) is 3. The van der Waals surface area contributed by atoms with E-state index in [1.54, 1.807) is 24.5 Å². The molecule has 5 aromatic rings. The van der Waals surface area contributed by atoms with Crippen LogP contribution < -0.4 is 5.32 Å². The minimum Gasteiger partial charge on any atom is -0.361 e. The SMILES string of the molecule is O=C1NC(=O)C(c2c[nH]c3cc(Cc4ccccc4)ccc23)=C1c1c[nH]c2cc(Cl)ccc12. The van der Waals surface area contributed by atoms with Gasteiger partial charge >= 0.3 is 0 Å². The average Bonchev–Trinajstić information content (AvgIpc) is 3.48. The van der Waals surface area contributed by atoms with Crippen molar-refractivity contribution in [1.29, 1.82) is 0 Å². The van der Waals surface area contributed by atoms with Crippen molar-refractivity contribution in [1.82, 2.24) is 15.3 Å². The molecule has 5 nitrogen and oxygen atoms in total. The van der Waals surface area contributed by atoms with Crippen molar-refractivity contribution in [3.63, 3.8) is 0 Å². The van der Waals surface area contributed by atoms with Crippen LogP contribution in [0.15, 0.2) is 79.1 Å². The Morgan fingerprint density at radius 1 is 0.667 bits per heavy atom. The van der Waals surface area contributed by atoms with E-state index in [0.29, 0.717) is 27.3 Å². The molecule has 6 heteroatoms. The van der Waals surface area contributed by atoms with Crippen LogP contribution in [0.5, 0.6) is 0 Å². The van der Waals surface area contributed by atoms with Gasteiger partial charge in [-0.2, -0.15) is 0 Å². The van der Waals surface area contributed by atoms with E-state index in [1.165, 1.54) is 5.56 Å². The van der Waals surface area contributed by atoms with Gasteiger partial charge in [-0.05, 0) is 35.7 Å². The maximum atomic E-state index is 12.9. The highest BCUT2D eigenvalue weighted by atomic mass is 35.5. The topological polar surface area (TPSA) is 77.8 Å². The van der Waals surface area contributed by atoms with Crippen molar-refractivity contribution in [3.05, 3.63) is 106 Å². The van der Waals surface area contributed by atoms with E-state index in [2.05, 4.69) is 39.6 Å². The molecule has 2 aromatic heterocycles. The van der Waals surface area contributed by atoms with Crippen molar-refractivity contribution in [3.8, 4) is 0 Å². The maximum Gasteiger partial charge on any atom is 0.259 e. The minimum atomic E-state index is -0.402. The quantitative estimate of drug-likeness (QED) is 0.317. The van der Waals surface area contributed by atoms with Crippen LogP contribution in [0.1, 0.15) is 22.3 Å². The van der Waals surface area contributed by atoms with Crippen LogP contribution in [0.3, 0.4) is 0 Å². The first-order valence-electron chi connectivity index (χ1n) is 10.6. The van der Waals surface area contributed by atoms with Gasteiger partial charge in [0.1, 0.15) is 0 Å². The fraction of sp³-hybridized carbons (Fsp3) is 0.0370. The molecule has 33 heavy (non-hydrogen) atoms. The zero-order valence-electron chi connectivity index (χ0n) is 17.4. The van der Waals surface area contributed by atoms with Gasteiger partial charge in [-0.15, -0.1) is 0 Å². The minimum absolute atomic E-state index is 0.364. The van der Waals surface area contributed by atoms with Gasteiger partial charge in [0.05, 0.1) is 11.1 Å². The normalized spacial score (nSPS) is 14.0. The number of aromatic nitrogens is 2. The number of imide groups is 1. The lowest BCUT2D eigenvalue weighted by molar-refractivity contribution is -0.122. The Morgan fingerprint density at radius 2 is 1.27 bits per heavy atom. The largest absolute Gasteiger partial charge is 0.361 e. The van der Waals surface area contributed by atoms with E-state index < -0.39 is 11.8 Å². The summed E-state index contributed by atoms with van der Waals surface area (Å²) in [6, 6.07) is 21.9. The fourth-order valence-corrected chi connectivity index (χ4v) is 4.77. The Labute approximate surface area is 194 Å². The fourth-order valence-electron chi connectivity index (χ4n) is 4.60. The number of halogens is 1. The van der Waals surface area contributed by atoms with Crippen LogP contribution in [-0.2, 0) is 16.0 Å². The molecule has 0 spiro atoms. The summed E-state index contributed by atoms with van der Waals surface area (Å²) in [5.41, 5.74) is 6.24. The molecule has 0 unspecified atom stereocenters. The van der Waals surface area contributed by atoms with E-state index in [-0.39, 0.29) is 0 Å². The molecular formula is C27H18ClN3O2. The van der Waals surface area contributed by atoms with Gasteiger partial charge in [0.15, 0.2) is 0 Å². The zero-order valence-corrected chi connectivity index (χ0v) is 18.2. The molecule has 2 amide bonds. The monoisotopic (exact) mass is 451 g/mol. The van der Waals surface area contributed by atoms with Crippen molar-refractivity contribution in [2.45, 2.75) is 6.42 Å². The molecule has 0 aliphatic carbocycles. The number of fused-ring (bicyclic) bond motifs is 2. The summed E-state index contributed by atoms with van der Waals surface area (Å²) >= 11 is 6.11. The molecule has 0 radical (unpaired) electrons. The maximum absolute atomic E-state index is 12.9. The highest BCUT2D eigenvalue weighted by Crippen LogP contribution is 2.38. The van der Waals surface area contributed by atoms with Gasteiger partial charge in [0.2, 0.25) is 0 Å². The second-order valence-electron chi connectivity index (χ2n) is 8.17. The molecule has 1 aliphatic rings. The predicted molar refractivity (Wildman–Crippen MR) is 131 cm³/mol. The van der Waals surface area contributed by atoms with E-state index in [1.807, 2.05) is 30.3 Å². The third kappa shape index (κ3) is 3.25. The van der Waals surface area contributed by atoms with Crippen LogP contribution in [0.25, 0.3) is 33.0 Å². The average molecular weight is 452 g/mol. The number of aromatic amines is 2. The van der Waals surface area contributed by atoms with Gasteiger partial charge in [0, 0.05) is 50.3 Å². The summed E-state index contributed by atoms with van der Waals surface area (Å²) in [6.45, 7) is 0. The van der Waals surface area contributed by atoms with Crippen molar-refractivity contribution in [2.24, 2.45) is 0 Å². The van der Waals surface area contributed by atoms with E-state index >= 15 is 0 Å². The molecule has 0 atom stereocenters. The Balaban J connectivity index is 1.48. The van der Waals surface area contributed by atoms with Gasteiger partial charge in [-0.1, -0.05) is 60.1 Å². The van der Waals surface area contributed by atoms with Crippen molar-refractivity contribution >= 4 is 56.4 Å².